The van der Waals surface area contributed by atoms with E-state index in [4.69, 9.17) is 0 Å². The van der Waals surface area contributed by atoms with E-state index in [0.717, 1.165) is 15.6 Å². The molecule has 0 amide bonds. The van der Waals surface area contributed by atoms with Crippen molar-refractivity contribution < 1.29 is 18.3 Å². The number of carboxylic acid groups (broad SMARTS) is 1. The lowest BCUT2D eigenvalue weighted by Gasteiger charge is -2.23. The van der Waals surface area contributed by atoms with Crippen LogP contribution >= 0.6 is 11.3 Å². The Morgan fingerprint density at radius 2 is 2.31 bits per heavy atom. The minimum absolute atomic E-state index is 0.181. The largest absolute Gasteiger partial charge is 0.548 e. The Morgan fingerprint density at radius 1 is 1.56 bits per heavy atom. The standard InChI is InChI=1S/C9H11NO4S2/c11-9(12)7-3-1-5-10(7)16(13,14)8-4-2-6-15-8/h2,4,6-7H,1,3,5H2,(H,11,12)/p-1/t7-/m0/s1. The number of carbonyl (C=O) groups excluding carboxylic acids is 1. The highest BCUT2D eigenvalue weighted by atomic mass is 32.2. The van der Waals surface area contributed by atoms with Gasteiger partial charge in [0.25, 0.3) is 10.0 Å². The molecule has 88 valence electrons. The fourth-order valence-corrected chi connectivity index (χ4v) is 4.56. The number of carboxylic acids is 1. The number of sulfonamides is 1. The van der Waals surface area contributed by atoms with Gasteiger partial charge in [-0.25, -0.2) is 8.42 Å². The zero-order chi connectivity index (χ0) is 11.8. The molecule has 7 heteroatoms. The quantitative estimate of drug-likeness (QED) is 0.744. The van der Waals surface area contributed by atoms with E-state index < -0.39 is 22.0 Å². The SMILES string of the molecule is O=C([O-])[C@@H]1CCCN1S(=O)(=O)c1cccs1. The van der Waals surface area contributed by atoms with Crippen molar-refractivity contribution in [3.05, 3.63) is 17.5 Å². The molecule has 1 aliphatic heterocycles. The van der Waals surface area contributed by atoms with Crippen LogP contribution in [0, 0.1) is 0 Å². The van der Waals surface area contributed by atoms with Crippen molar-refractivity contribution in [2.24, 2.45) is 0 Å². The molecule has 0 N–H and O–H groups in total. The summed E-state index contributed by atoms with van der Waals surface area (Å²) in [5.74, 6) is -1.32. The molecular weight excluding hydrogens is 250 g/mol. The third kappa shape index (κ3) is 1.85. The third-order valence-corrected chi connectivity index (χ3v) is 5.82. The van der Waals surface area contributed by atoms with E-state index in [0.29, 0.717) is 12.8 Å². The van der Waals surface area contributed by atoms with Crippen LogP contribution in [0.15, 0.2) is 21.7 Å². The van der Waals surface area contributed by atoms with Crippen LogP contribution < -0.4 is 5.11 Å². The van der Waals surface area contributed by atoms with Gasteiger partial charge in [0.05, 0.1) is 12.0 Å². The highest BCUT2D eigenvalue weighted by molar-refractivity contribution is 7.91. The average Bonchev–Trinajstić information content (AvgIpc) is 2.89. The van der Waals surface area contributed by atoms with Gasteiger partial charge in [-0.1, -0.05) is 6.07 Å². The van der Waals surface area contributed by atoms with Gasteiger partial charge in [0.15, 0.2) is 0 Å². The van der Waals surface area contributed by atoms with Crippen molar-refractivity contribution >= 4 is 27.3 Å². The van der Waals surface area contributed by atoms with E-state index in [1.165, 1.54) is 6.07 Å². The normalized spacial score (nSPS) is 22.4. The van der Waals surface area contributed by atoms with Gasteiger partial charge in [-0.15, -0.1) is 11.3 Å². The molecule has 0 aliphatic carbocycles. The molecule has 5 nitrogen and oxygen atoms in total. The Bertz CT molecular complexity index is 480. The van der Waals surface area contributed by atoms with E-state index in [2.05, 4.69) is 0 Å². The van der Waals surface area contributed by atoms with E-state index in [-0.39, 0.29) is 10.8 Å². The monoisotopic (exact) mass is 260 g/mol. The zero-order valence-electron chi connectivity index (χ0n) is 8.33. The van der Waals surface area contributed by atoms with Crippen molar-refractivity contribution in [2.45, 2.75) is 23.1 Å². The number of nitrogens with zero attached hydrogens (tertiary/aromatic N) is 1. The lowest BCUT2D eigenvalue weighted by Crippen LogP contribution is -2.46. The summed E-state index contributed by atoms with van der Waals surface area (Å²) in [7, 11) is -3.66. The number of rotatable bonds is 3. The molecule has 2 heterocycles. The van der Waals surface area contributed by atoms with Crippen LogP contribution in [0.1, 0.15) is 12.8 Å². The fraction of sp³-hybridized carbons (Fsp3) is 0.444. The maximum atomic E-state index is 12.1. The van der Waals surface area contributed by atoms with Gasteiger partial charge in [0.1, 0.15) is 4.21 Å². The Morgan fingerprint density at radius 3 is 2.88 bits per heavy atom. The summed E-state index contributed by atoms with van der Waals surface area (Å²) in [6.45, 7) is 0.249. The molecule has 0 aromatic carbocycles. The lowest BCUT2D eigenvalue weighted by atomic mass is 10.2. The van der Waals surface area contributed by atoms with Crippen molar-refractivity contribution in [3.63, 3.8) is 0 Å². The van der Waals surface area contributed by atoms with Crippen molar-refractivity contribution in [2.75, 3.05) is 6.54 Å². The highest BCUT2D eigenvalue weighted by Crippen LogP contribution is 2.28. The summed E-state index contributed by atoms with van der Waals surface area (Å²) < 4.78 is 25.3. The van der Waals surface area contributed by atoms with Crippen LogP contribution in [0.5, 0.6) is 0 Å². The maximum Gasteiger partial charge on any atom is 0.253 e. The predicted octanol–water partition coefficient (Wildman–Crippen LogP) is -0.349. The molecule has 0 radical (unpaired) electrons. The number of hydrogen-bond acceptors (Lipinski definition) is 5. The average molecular weight is 260 g/mol. The van der Waals surface area contributed by atoms with Crippen molar-refractivity contribution in [1.82, 2.24) is 4.31 Å². The van der Waals surface area contributed by atoms with Gasteiger partial charge in [0.2, 0.25) is 0 Å². The third-order valence-electron chi connectivity index (χ3n) is 2.53. The van der Waals surface area contributed by atoms with Crippen LogP contribution in [0.2, 0.25) is 0 Å². The summed E-state index contributed by atoms with van der Waals surface area (Å²) in [5, 5.41) is 12.5. The molecule has 1 aliphatic rings. The Labute approximate surface area is 97.4 Å². The number of aliphatic carboxylic acids is 1. The predicted molar refractivity (Wildman–Crippen MR) is 56.2 cm³/mol. The minimum Gasteiger partial charge on any atom is -0.548 e. The summed E-state index contributed by atoms with van der Waals surface area (Å²) in [6, 6.07) is 2.08. The second-order valence-electron chi connectivity index (χ2n) is 3.52. The molecule has 1 saturated heterocycles. The second-order valence-corrected chi connectivity index (χ2v) is 6.59. The van der Waals surface area contributed by atoms with Gasteiger partial charge in [-0.3, -0.25) is 0 Å². The molecule has 1 fully saturated rings. The van der Waals surface area contributed by atoms with E-state index >= 15 is 0 Å². The van der Waals surface area contributed by atoms with Crippen molar-refractivity contribution in [1.29, 1.82) is 0 Å². The highest BCUT2D eigenvalue weighted by Gasteiger charge is 2.36. The molecule has 0 spiro atoms. The number of hydrogen-bond donors (Lipinski definition) is 0. The van der Waals surface area contributed by atoms with Gasteiger partial charge in [-0.2, -0.15) is 4.31 Å². The second kappa shape index (κ2) is 4.15. The first-order valence-corrected chi connectivity index (χ1v) is 7.11. The first-order valence-electron chi connectivity index (χ1n) is 4.79. The van der Waals surface area contributed by atoms with Gasteiger partial charge < -0.3 is 9.90 Å². The smallest absolute Gasteiger partial charge is 0.253 e. The first kappa shape index (κ1) is 11.6. The molecule has 0 saturated carbocycles. The van der Waals surface area contributed by atoms with Crippen LogP contribution in [-0.4, -0.2) is 31.3 Å². The first-order chi connectivity index (χ1) is 7.53. The zero-order valence-corrected chi connectivity index (χ0v) is 9.96. The topological polar surface area (TPSA) is 77.5 Å². The Balaban J connectivity index is 2.34. The van der Waals surface area contributed by atoms with Crippen LogP contribution in [-0.2, 0) is 14.8 Å². The van der Waals surface area contributed by atoms with Crippen LogP contribution in [0.3, 0.4) is 0 Å². The summed E-state index contributed by atoms with van der Waals surface area (Å²) in [6.07, 6.45) is 0.885. The minimum atomic E-state index is -3.66. The Kier molecular flexibility index (Phi) is 3.00. The number of thiophene rings is 1. The van der Waals surface area contributed by atoms with E-state index in [1.807, 2.05) is 0 Å². The van der Waals surface area contributed by atoms with Gasteiger partial charge >= 0.3 is 0 Å². The summed E-state index contributed by atoms with van der Waals surface area (Å²) in [5.41, 5.74) is 0. The molecule has 0 bridgehead atoms. The molecule has 1 aromatic rings. The van der Waals surface area contributed by atoms with E-state index in [9.17, 15) is 18.3 Å². The van der Waals surface area contributed by atoms with Gasteiger partial charge in [-0.05, 0) is 24.3 Å². The molecule has 1 aromatic heterocycles. The van der Waals surface area contributed by atoms with Crippen LogP contribution in [0.25, 0.3) is 0 Å². The van der Waals surface area contributed by atoms with E-state index in [1.54, 1.807) is 11.4 Å². The molecular formula is C9H10NO4S2-. The molecule has 1 atom stereocenters. The number of carbonyl (C=O) groups is 1. The molecule has 16 heavy (non-hydrogen) atoms. The van der Waals surface area contributed by atoms with Crippen molar-refractivity contribution in [3.8, 4) is 0 Å². The summed E-state index contributed by atoms with van der Waals surface area (Å²) >= 11 is 1.09. The van der Waals surface area contributed by atoms with Gasteiger partial charge in [0, 0.05) is 6.54 Å². The molecule has 2 rings (SSSR count). The maximum absolute atomic E-state index is 12.1. The Hall–Kier alpha value is -0.920. The van der Waals surface area contributed by atoms with Crippen LogP contribution in [0.4, 0.5) is 0 Å². The molecule has 0 unspecified atom stereocenters. The fourth-order valence-electron chi connectivity index (χ4n) is 1.79. The summed E-state index contributed by atoms with van der Waals surface area (Å²) in [4.78, 5) is 10.8. The lowest BCUT2D eigenvalue weighted by molar-refractivity contribution is -0.309.